The lowest BCUT2D eigenvalue weighted by molar-refractivity contribution is -0.129. The number of rotatable bonds is 9. The van der Waals surface area contributed by atoms with Crippen molar-refractivity contribution in [2.75, 3.05) is 23.8 Å². The summed E-state index contributed by atoms with van der Waals surface area (Å²) in [7, 11) is -1.02. The van der Waals surface area contributed by atoms with E-state index in [-0.39, 0.29) is 23.3 Å². The highest BCUT2D eigenvalue weighted by molar-refractivity contribution is 7.99. The fraction of sp³-hybridized carbons (Fsp3) is 0.571. The number of aromatic nitrogens is 3. The topological polar surface area (TPSA) is 85.2 Å². The molecule has 0 saturated carbocycles. The molecule has 1 saturated heterocycles. The van der Waals surface area contributed by atoms with Crippen molar-refractivity contribution in [2.24, 2.45) is 13.0 Å². The fourth-order valence-electron chi connectivity index (χ4n) is 3.63. The molecule has 1 unspecified atom stereocenters. The molecule has 2 aromatic rings. The number of carbonyl (C=O) groups excluding carboxylic acids is 1. The van der Waals surface area contributed by atoms with Gasteiger partial charge in [-0.1, -0.05) is 48.5 Å². The van der Waals surface area contributed by atoms with Gasteiger partial charge in [-0.15, -0.1) is 10.2 Å². The number of benzene rings is 1. The van der Waals surface area contributed by atoms with E-state index in [4.69, 9.17) is 0 Å². The Labute approximate surface area is 183 Å². The molecule has 1 aromatic heterocycles. The van der Waals surface area contributed by atoms with Crippen molar-refractivity contribution < 1.29 is 13.2 Å². The van der Waals surface area contributed by atoms with Crippen LogP contribution in [0.2, 0.25) is 0 Å². The zero-order valence-electron chi connectivity index (χ0n) is 17.9. The molecule has 7 nitrogen and oxygen atoms in total. The van der Waals surface area contributed by atoms with Gasteiger partial charge in [0.2, 0.25) is 5.91 Å². The molecule has 0 aliphatic carbocycles. The first-order chi connectivity index (χ1) is 14.3. The third-order valence-electron chi connectivity index (χ3n) is 5.39. The van der Waals surface area contributed by atoms with Gasteiger partial charge in [-0.2, -0.15) is 0 Å². The summed E-state index contributed by atoms with van der Waals surface area (Å²) >= 11 is 1.38. The van der Waals surface area contributed by atoms with E-state index in [1.54, 1.807) is 0 Å². The van der Waals surface area contributed by atoms with Crippen LogP contribution in [0.15, 0.2) is 29.4 Å². The molecular formula is C21H30N4O3S2. The predicted octanol–water partition coefficient (Wildman–Crippen LogP) is 2.63. The smallest absolute Gasteiger partial charge is 0.233 e. The van der Waals surface area contributed by atoms with Gasteiger partial charge in [0.1, 0.15) is 5.82 Å². The van der Waals surface area contributed by atoms with Crippen LogP contribution in [0, 0.1) is 12.8 Å². The van der Waals surface area contributed by atoms with E-state index in [0.29, 0.717) is 36.8 Å². The van der Waals surface area contributed by atoms with Crippen LogP contribution in [0.3, 0.4) is 0 Å². The summed E-state index contributed by atoms with van der Waals surface area (Å²) in [5, 5.41) is 9.14. The van der Waals surface area contributed by atoms with Gasteiger partial charge in [0.25, 0.3) is 0 Å². The summed E-state index contributed by atoms with van der Waals surface area (Å²) in [5.41, 5.74) is 2.33. The molecule has 1 aliphatic rings. The maximum Gasteiger partial charge on any atom is 0.233 e. The molecular weight excluding hydrogens is 420 g/mol. The average molecular weight is 451 g/mol. The van der Waals surface area contributed by atoms with Gasteiger partial charge in [0.05, 0.1) is 17.3 Å². The summed E-state index contributed by atoms with van der Waals surface area (Å²) in [6.07, 6.45) is 2.19. The molecule has 1 aromatic carbocycles. The normalized spacial score (nSPS) is 17.9. The van der Waals surface area contributed by atoms with Crippen LogP contribution >= 0.6 is 11.8 Å². The molecule has 164 valence electrons. The fourth-order valence-corrected chi connectivity index (χ4v) is 6.33. The van der Waals surface area contributed by atoms with Crippen LogP contribution in [0.1, 0.15) is 36.7 Å². The summed E-state index contributed by atoms with van der Waals surface area (Å²) in [4.78, 5) is 14.7. The van der Waals surface area contributed by atoms with Crippen molar-refractivity contribution in [3.63, 3.8) is 0 Å². The van der Waals surface area contributed by atoms with Gasteiger partial charge in [-0.3, -0.25) is 4.79 Å². The third kappa shape index (κ3) is 6.07. The monoisotopic (exact) mass is 450 g/mol. The number of thioether (sulfide) groups is 1. The summed E-state index contributed by atoms with van der Waals surface area (Å²) in [6, 6.07) is 8.26. The highest BCUT2D eigenvalue weighted by Crippen LogP contribution is 2.24. The van der Waals surface area contributed by atoms with E-state index in [2.05, 4.69) is 48.3 Å². The van der Waals surface area contributed by atoms with Crippen molar-refractivity contribution in [1.82, 2.24) is 19.7 Å². The second-order valence-corrected chi connectivity index (χ2v) is 11.2. The van der Waals surface area contributed by atoms with Gasteiger partial charge in [0, 0.05) is 26.6 Å². The average Bonchev–Trinajstić information content (AvgIpc) is 3.23. The number of carbonyl (C=O) groups is 1. The first-order valence-corrected chi connectivity index (χ1v) is 13.1. The minimum atomic E-state index is -2.90. The van der Waals surface area contributed by atoms with Crippen LogP contribution in [-0.4, -0.2) is 57.8 Å². The van der Waals surface area contributed by atoms with Crippen LogP contribution in [0.25, 0.3) is 0 Å². The van der Waals surface area contributed by atoms with Crippen molar-refractivity contribution in [1.29, 1.82) is 0 Å². The standard InChI is InChI=1S/C21H30N4O3S2/c1-4-10-25(13-17-7-5-16(2)6-8-17)20(26)14-29-21-23-22-19(24(21)3)12-18-9-11-30(27,28)15-18/h5-8,18H,4,9-15H2,1-3H3. The van der Waals surface area contributed by atoms with E-state index >= 15 is 0 Å². The molecule has 1 atom stereocenters. The maximum atomic E-state index is 12.8. The molecule has 0 radical (unpaired) electrons. The first-order valence-electron chi connectivity index (χ1n) is 10.3. The number of sulfone groups is 1. The quantitative estimate of drug-likeness (QED) is 0.546. The first kappa shape index (κ1) is 22.8. The molecule has 0 spiro atoms. The molecule has 2 heterocycles. The largest absolute Gasteiger partial charge is 0.338 e. The Morgan fingerprint density at radius 1 is 1.27 bits per heavy atom. The van der Waals surface area contributed by atoms with Gasteiger partial charge in [0.15, 0.2) is 15.0 Å². The van der Waals surface area contributed by atoms with E-state index in [1.807, 2.05) is 16.5 Å². The Bertz CT molecular complexity index is 971. The Morgan fingerprint density at radius 2 is 2.00 bits per heavy atom. The lowest BCUT2D eigenvalue weighted by atomic mass is 10.1. The second-order valence-electron chi connectivity index (χ2n) is 8.02. The number of nitrogens with zero attached hydrogens (tertiary/aromatic N) is 4. The van der Waals surface area contributed by atoms with Gasteiger partial charge in [-0.25, -0.2) is 8.42 Å². The van der Waals surface area contributed by atoms with Crippen LogP contribution < -0.4 is 0 Å². The van der Waals surface area contributed by atoms with Crippen molar-refractivity contribution >= 4 is 27.5 Å². The lowest BCUT2D eigenvalue weighted by Crippen LogP contribution is -2.32. The van der Waals surface area contributed by atoms with Crippen LogP contribution in [0.4, 0.5) is 0 Å². The molecule has 1 amide bonds. The molecule has 0 N–H and O–H groups in total. The zero-order chi connectivity index (χ0) is 21.7. The van der Waals surface area contributed by atoms with Crippen LogP contribution in [-0.2, 0) is 34.6 Å². The molecule has 1 fully saturated rings. The van der Waals surface area contributed by atoms with Gasteiger partial charge in [-0.05, 0) is 31.2 Å². The van der Waals surface area contributed by atoms with E-state index in [1.165, 1.54) is 17.3 Å². The number of hydrogen-bond acceptors (Lipinski definition) is 6. The number of hydrogen-bond donors (Lipinski definition) is 0. The maximum absolute atomic E-state index is 12.8. The molecule has 9 heteroatoms. The Morgan fingerprint density at radius 3 is 2.63 bits per heavy atom. The highest BCUT2D eigenvalue weighted by Gasteiger charge is 2.29. The predicted molar refractivity (Wildman–Crippen MR) is 119 cm³/mol. The molecule has 0 bridgehead atoms. The molecule has 3 rings (SSSR count). The van der Waals surface area contributed by atoms with Crippen molar-refractivity contribution in [2.45, 2.75) is 44.8 Å². The van der Waals surface area contributed by atoms with Crippen LogP contribution in [0.5, 0.6) is 0 Å². The number of aryl methyl sites for hydroxylation is 1. The van der Waals surface area contributed by atoms with Gasteiger partial charge >= 0.3 is 0 Å². The van der Waals surface area contributed by atoms with E-state index in [9.17, 15) is 13.2 Å². The van der Waals surface area contributed by atoms with E-state index in [0.717, 1.165) is 17.8 Å². The Hall–Kier alpha value is -1.87. The molecule has 30 heavy (non-hydrogen) atoms. The van der Waals surface area contributed by atoms with Gasteiger partial charge < -0.3 is 9.47 Å². The summed E-state index contributed by atoms with van der Waals surface area (Å²) in [5.74, 6) is 1.75. The second kappa shape index (κ2) is 9.96. The lowest BCUT2D eigenvalue weighted by Gasteiger charge is -2.22. The summed E-state index contributed by atoms with van der Waals surface area (Å²) < 4.78 is 25.2. The van der Waals surface area contributed by atoms with E-state index < -0.39 is 9.84 Å². The molecule has 1 aliphatic heterocycles. The highest BCUT2D eigenvalue weighted by atomic mass is 32.2. The minimum absolute atomic E-state index is 0.0776. The van der Waals surface area contributed by atoms with Crippen molar-refractivity contribution in [3.8, 4) is 0 Å². The SMILES string of the molecule is CCCN(Cc1ccc(C)cc1)C(=O)CSc1nnc(CC2CCS(=O)(=O)C2)n1C. The number of amides is 1. The third-order valence-corrected chi connectivity index (χ3v) is 8.23. The Kier molecular flexibility index (Phi) is 7.57. The van der Waals surface area contributed by atoms with Crippen molar-refractivity contribution in [3.05, 3.63) is 41.2 Å². The summed E-state index contributed by atoms with van der Waals surface area (Å²) in [6.45, 7) is 5.44. The Balaban J connectivity index is 1.57. The zero-order valence-corrected chi connectivity index (χ0v) is 19.5. The minimum Gasteiger partial charge on any atom is -0.338 e.